The Labute approximate surface area is 198 Å². The second-order valence-electron chi connectivity index (χ2n) is 11.4. The summed E-state index contributed by atoms with van der Waals surface area (Å²) in [5.41, 5.74) is 3.51. The molecule has 0 fully saturated rings. The van der Waals surface area contributed by atoms with E-state index in [0.717, 1.165) is 0 Å². The van der Waals surface area contributed by atoms with Crippen LogP contribution in [0, 0.1) is 0 Å². The zero-order valence-corrected chi connectivity index (χ0v) is 21.5. The highest BCUT2D eigenvalue weighted by atomic mass is 16.7. The SMILES string of the molecule is CC(=O)C(CON1C(C)(C)c2ccccc2C1(C)C)ON1C(C)(C)c2ccccc2C1(C)C. The van der Waals surface area contributed by atoms with Crippen molar-refractivity contribution in [2.75, 3.05) is 6.61 Å². The molecule has 2 aromatic rings. The van der Waals surface area contributed by atoms with E-state index in [4.69, 9.17) is 9.68 Å². The molecule has 0 spiro atoms. The van der Waals surface area contributed by atoms with E-state index >= 15 is 0 Å². The molecular weight excluding hydrogens is 412 g/mol. The average Bonchev–Trinajstić information content (AvgIpc) is 2.99. The van der Waals surface area contributed by atoms with E-state index in [2.05, 4.69) is 104 Å². The molecule has 0 radical (unpaired) electrons. The van der Waals surface area contributed by atoms with Crippen molar-refractivity contribution in [1.29, 1.82) is 0 Å². The molecule has 4 rings (SSSR count). The fourth-order valence-corrected chi connectivity index (χ4v) is 6.01. The summed E-state index contributed by atoms with van der Waals surface area (Å²) in [6.45, 7) is 18.9. The largest absolute Gasteiger partial charge is 0.297 e. The summed E-state index contributed by atoms with van der Waals surface area (Å²) in [4.78, 5) is 25.6. The van der Waals surface area contributed by atoms with Crippen LogP contribution in [0.25, 0.3) is 0 Å². The van der Waals surface area contributed by atoms with Gasteiger partial charge in [-0.25, -0.2) is 0 Å². The van der Waals surface area contributed by atoms with E-state index in [-0.39, 0.29) is 34.5 Å². The summed E-state index contributed by atoms with van der Waals surface area (Å²) in [5.74, 6) is -0.0510. The Kier molecular flexibility index (Phi) is 5.65. The Morgan fingerprint density at radius 1 is 0.697 bits per heavy atom. The van der Waals surface area contributed by atoms with Gasteiger partial charge in [-0.15, -0.1) is 0 Å². The van der Waals surface area contributed by atoms with E-state index in [0.29, 0.717) is 0 Å². The fourth-order valence-electron chi connectivity index (χ4n) is 6.01. The lowest BCUT2D eigenvalue weighted by atomic mass is 9.91. The van der Waals surface area contributed by atoms with Crippen molar-refractivity contribution < 1.29 is 14.5 Å². The first-order valence-corrected chi connectivity index (χ1v) is 11.8. The number of carbonyl (C=O) groups is 1. The maximum Gasteiger partial charge on any atom is 0.163 e. The van der Waals surface area contributed by atoms with Crippen LogP contribution in [0.1, 0.15) is 84.6 Å². The summed E-state index contributed by atoms with van der Waals surface area (Å²) in [5, 5.41) is 4.01. The molecule has 0 aliphatic carbocycles. The third kappa shape index (κ3) is 3.57. The third-order valence-electron chi connectivity index (χ3n) is 7.56. The molecule has 2 aliphatic rings. The van der Waals surface area contributed by atoms with Crippen LogP contribution in [0.2, 0.25) is 0 Å². The number of Topliss-reactive ketones (excluding diaryl/α,β-unsaturated/α-hetero) is 1. The van der Waals surface area contributed by atoms with Crippen molar-refractivity contribution in [3.05, 3.63) is 70.8 Å². The predicted molar refractivity (Wildman–Crippen MR) is 130 cm³/mol. The Bertz CT molecular complexity index is 1000. The van der Waals surface area contributed by atoms with Gasteiger partial charge in [0.1, 0.15) is 6.61 Å². The normalized spacial score (nSPS) is 23.2. The lowest BCUT2D eigenvalue weighted by molar-refractivity contribution is -0.318. The zero-order valence-electron chi connectivity index (χ0n) is 21.5. The molecule has 0 bridgehead atoms. The molecule has 2 aromatic carbocycles. The van der Waals surface area contributed by atoms with Crippen LogP contribution in [0.5, 0.6) is 0 Å². The van der Waals surface area contributed by atoms with Crippen LogP contribution in [0.3, 0.4) is 0 Å². The molecule has 5 nitrogen and oxygen atoms in total. The summed E-state index contributed by atoms with van der Waals surface area (Å²) in [6, 6.07) is 16.9. The molecule has 0 amide bonds. The van der Waals surface area contributed by atoms with Gasteiger partial charge in [0, 0.05) is 0 Å². The zero-order chi connectivity index (χ0) is 24.4. The molecule has 0 aromatic heterocycles. The van der Waals surface area contributed by atoms with Crippen LogP contribution in [0.4, 0.5) is 0 Å². The van der Waals surface area contributed by atoms with Gasteiger partial charge in [-0.1, -0.05) is 48.5 Å². The molecule has 2 aliphatic heterocycles. The third-order valence-corrected chi connectivity index (χ3v) is 7.56. The van der Waals surface area contributed by atoms with Crippen molar-refractivity contribution >= 4 is 5.78 Å². The number of hydroxylamine groups is 4. The Morgan fingerprint density at radius 2 is 1.03 bits per heavy atom. The van der Waals surface area contributed by atoms with E-state index in [1.165, 1.54) is 22.3 Å². The number of fused-ring (bicyclic) bond motifs is 2. The summed E-state index contributed by atoms with van der Waals surface area (Å²) in [7, 11) is 0. The van der Waals surface area contributed by atoms with Gasteiger partial charge >= 0.3 is 0 Å². The number of hydrogen-bond donors (Lipinski definition) is 0. The molecule has 0 saturated heterocycles. The lowest BCUT2D eigenvalue weighted by Gasteiger charge is -2.43. The highest BCUT2D eigenvalue weighted by Crippen LogP contribution is 2.51. The standard InChI is InChI=1S/C28H38N2O3/c1-19(31)24(33-30-27(6,7)22-16-12-13-17-23(22)28(30,8)9)18-32-29-25(2,3)20-14-10-11-15-21(20)26(29,4)5/h10-17,24H,18H2,1-9H3. The van der Waals surface area contributed by atoms with Gasteiger partial charge in [-0.3, -0.25) is 14.5 Å². The van der Waals surface area contributed by atoms with Crippen LogP contribution in [0.15, 0.2) is 48.5 Å². The number of benzene rings is 2. The Morgan fingerprint density at radius 3 is 1.36 bits per heavy atom. The Hall–Kier alpha value is -2.05. The highest BCUT2D eigenvalue weighted by molar-refractivity contribution is 5.80. The first-order chi connectivity index (χ1) is 15.2. The van der Waals surface area contributed by atoms with Gasteiger partial charge in [0.25, 0.3) is 0 Å². The van der Waals surface area contributed by atoms with Crippen molar-refractivity contribution in [3.8, 4) is 0 Å². The molecule has 2 heterocycles. The number of ketones is 1. The van der Waals surface area contributed by atoms with E-state index in [9.17, 15) is 4.79 Å². The molecule has 5 heteroatoms. The second kappa shape index (κ2) is 7.74. The number of rotatable bonds is 6. The Balaban J connectivity index is 1.58. The average molecular weight is 451 g/mol. The van der Waals surface area contributed by atoms with Gasteiger partial charge in [0.15, 0.2) is 11.9 Å². The molecule has 178 valence electrons. The molecule has 0 N–H and O–H groups in total. The fraction of sp³-hybridized carbons (Fsp3) is 0.536. The quantitative estimate of drug-likeness (QED) is 0.558. The predicted octanol–water partition coefficient (Wildman–Crippen LogP) is 5.78. The summed E-state index contributed by atoms with van der Waals surface area (Å²) < 4.78 is 0. The molecule has 33 heavy (non-hydrogen) atoms. The van der Waals surface area contributed by atoms with Crippen LogP contribution >= 0.6 is 0 Å². The van der Waals surface area contributed by atoms with E-state index < -0.39 is 6.10 Å². The van der Waals surface area contributed by atoms with E-state index in [1.807, 2.05) is 10.1 Å². The van der Waals surface area contributed by atoms with Gasteiger partial charge in [0.2, 0.25) is 0 Å². The van der Waals surface area contributed by atoms with Gasteiger partial charge in [-0.2, -0.15) is 10.1 Å². The van der Waals surface area contributed by atoms with Gasteiger partial charge < -0.3 is 0 Å². The molecule has 0 saturated carbocycles. The van der Waals surface area contributed by atoms with Crippen molar-refractivity contribution in [3.63, 3.8) is 0 Å². The van der Waals surface area contributed by atoms with Crippen molar-refractivity contribution in [2.45, 2.75) is 90.6 Å². The monoisotopic (exact) mass is 450 g/mol. The summed E-state index contributed by atoms with van der Waals surface area (Å²) >= 11 is 0. The van der Waals surface area contributed by atoms with Gasteiger partial charge in [-0.05, 0) is 84.6 Å². The van der Waals surface area contributed by atoms with Crippen molar-refractivity contribution in [2.24, 2.45) is 0 Å². The topological polar surface area (TPSA) is 42.0 Å². The van der Waals surface area contributed by atoms with Crippen molar-refractivity contribution in [1.82, 2.24) is 10.1 Å². The number of carbonyl (C=O) groups excluding carboxylic acids is 1. The van der Waals surface area contributed by atoms with E-state index in [1.54, 1.807) is 6.92 Å². The molecular formula is C28H38N2O3. The molecule has 1 atom stereocenters. The highest BCUT2D eigenvalue weighted by Gasteiger charge is 2.53. The second-order valence-corrected chi connectivity index (χ2v) is 11.4. The van der Waals surface area contributed by atoms with Crippen LogP contribution in [-0.4, -0.2) is 28.6 Å². The number of nitrogens with zero attached hydrogens (tertiary/aromatic N) is 2. The number of hydrogen-bond acceptors (Lipinski definition) is 5. The van der Waals surface area contributed by atoms with Crippen LogP contribution in [-0.2, 0) is 36.6 Å². The minimum absolute atomic E-state index is 0.0510. The maximum absolute atomic E-state index is 12.7. The summed E-state index contributed by atoms with van der Waals surface area (Å²) in [6.07, 6.45) is -0.715. The molecule has 1 unspecified atom stereocenters. The first kappa shape index (κ1) is 24.1. The minimum atomic E-state index is -0.715. The smallest absolute Gasteiger partial charge is 0.163 e. The van der Waals surface area contributed by atoms with Crippen LogP contribution < -0.4 is 0 Å². The maximum atomic E-state index is 12.7. The first-order valence-electron chi connectivity index (χ1n) is 11.8. The van der Waals surface area contributed by atoms with Gasteiger partial charge in [0.05, 0.1) is 22.2 Å². The minimum Gasteiger partial charge on any atom is -0.297 e. The lowest BCUT2D eigenvalue weighted by Crippen LogP contribution is -2.51.